The summed E-state index contributed by atoms with van der Waals surface area (Å²) in [6, 6.07) is 10.9. The average Bonchev–Trinajstić information content (AvgIpc) is 2.89. The van der Waals surface area contributed by atoms with Crippen LogP contribution < -0.4 is 0 Å². The van der Waals surface area contributed by atoms with Gasteiger partial charge in [-0.2, -0.15) is 26.3 Å². The Morgan fingerprint density at radius 3 is 2.10 bits per heavy atom. The number of aliphatic hydroxyl groups is 1. The first kappa shape index (κ1) is 29.6. The van der Waals surface area contributed by atoms with Crippen LogP contribution in [0.1, 0.15) is 50.9 Å². The molecule has 0 radical (unpaired) electrons. The third kappa shape index (κ3) is 7.34. The van der Waals surface area contributed by atoms with Crippen molar-refractivity contribution in [2.24, 2.45) is 0 Å². The zero-order valence-electron chi connectivity index (χ0n) is 20.6. The van der Waals surface area contributed by atoms with Crippen molar-refractivity contribution in [3.05, 3.63) is 88.7 Å². The molecular formula is C27H24F6N2O4. The van der Waals surface area contributed by atoms with E-state index in [-0.39, 0.29) is 42.5 Å². The normalized spacial score (nSPS) is 11.8. The second-order valence-corrected chi connectivity index (χ2v) is 8.39. The lowest BCUT2D eigenvalue weighted by Crippen LogP contribution is -2.34. The van der Waals surface area contributed by atoms with Crippen LogP contribution in [-0.4, -0.2) is 46.6 Å². The molecule has 0 bridgehead atoms. The maximum absolute atomic E-state index is 13.9. The van der Waals surface area contributed by atoms with Crippen molar-refractivity contribution in [2.45, 2.75) is 32.2 Å². The number of alkyl halides is 6. The molecule has 0 spiro atoms. The van der Waals surface area contributed by atoms with Crippen LogP contribution in [0.15, 0.2) is 60.8 Å². The minimum atomic E-state index is -5.07. The zero-order valence-corrected chi connectivity index (χ0v) is 20.6. The highest BCUT2D eigenvalue weighted by molar-refractivity contribution is 6.08. The maximum atomic E-state index is 13.9. The minimum absolute atomic E-state index is 0.00311. The molecule has 0 aliphatic carbocycles. The van der Waals surface area contributed by atoms with Gasteiger partial charge < -0.3 is 14.7 Å². The van der Waals surface area contributed by atoms with E-state index in [9.17, 15) is 41.0 Å². The fraction of sp³-hybridized carbons (Fsp3) is 0.296. The Balaban J connectivity index is 2.16. The summed E-state index contributed by atoms with van der Waals surface area (Å²) in [5.74, 6) is -1.82. The first-order valence-corrected chi connectivity index (χ1v) is 11.8. The summed E-state index contributed by atoms with van der Waals surface area (Å²) >= 11 is 0. The summed E-state index contributed by atoms with van der Waals surface area (Å²) in [6.07, 6.45) is -8.90. The van der Waals surface area contributed by atoms with E-state index in [2.05, 4.69) is 4.98 Å². The number of pyridine rings is 1. The second kappa shape index (κ2) is 12.3. The van der Waals surface area contributed by atoms with E-state index in [0.29, 0.717) is 17.7 Å². The average molecular weight is 554 g/mol. The van der Waals surface area contributed by atoms with Crippen LogP contribution in [0.3, 0.4) is 0 Å². The molecule has 0 saturated heterocycles. The number of nitrogens with zero attached hydrogens (tertiary/aromatic N) is 2. The van der Waals surface area contributed by atoms with Crippen molar-refractivity contribution >= 4 is 11.9 Å². The van der Waals surface area contributed by atoms with Crippen LogP contribution in [0.4, 0.5) is 26.3 Å². The Labute approximate surface area is 219 Å². The van der Waals surface area contributed by atoms with Crippen molar-refractivity contribution < 1.29 is 45.8 Å². The highest BCUT2D eigenvalue weighted by Crippen LogP contribution is 2.37. The van der Waals surface area contributed by atoms with Gasteiger partial charge in [0, 0.05) is 25.9 Å². The first-order chi connectivity index (χ1) is 18.4. The highest BCUT2D eigenvalue weighted by Gasteiger charge is 2.37. The van der Waals surface area contributed by atoms with Gasteiger partial charge in [-0.1, -0.05) is 30.3 Å². The second-order valence-electron chi connectivity index (χ2n) is 8.39. The van der Waals surface area contributed by atoms with Gasteiger partial charge in [0.1, 0.15) is 0 Å². The molecule has 1 heterocycles. The molecule has 1 amide bonds. The monoisotopic (exact) mass is 554 g/mol. The fourth-order valence-corrected chi connectivity index (χ4v) is 3.89. The first-order valence-electron chi connectivity index (χ1n) is 11.8. The molecule has 0 fully saturated rings. The zero-order chi connectivity index (χ0) is 28.8. The van der Waals surface area contributed by atoms with Gasteiger partial charge >= 0.3 is 18.3 Å². The molecule has 0 saturated carbocycles. The predicted molar refractivity (Wildman–Crippen MR) is 129 cm³/mol. The maximum Gasteiger partial charge on any atom is 0.416 e. The number of ether oxygens (including phenoxy) is 1. The van der Waals surface area contributed by atoms with E-state index >= 15 is 0 Å². The van der Waals surface area contributed by atoms with Crippen molar-refractivity contribution in [2.75, 3.05) is 19.8 Å². The van der Waals surface area contributed by atoms with Crippen LogP contribution in [0.5, 0.6) is 0 Å². The van der Waals surface area contributed by atoms with Gasteiger partial charge in [-0.3, -0.25) is 4.79 Å². The molecule has 0 unspecified atom stereocenters. The lowest BCUT2D eigenvalue weighted by atomic mass is 9.97. The molecule has 208 valence electrons. The van der Waals surface area contributed by atoms with Crippen molar-refractivity contribution in [3.8, 4) is 11.1 Å². The molecule has 1 N–H and O–H groups in total. The van der Waals surface area contributed by atoms with Crippen LogP contribution in [0, 0.1) is 0 Å². The number of hydrogen-bond donors (Lipinski definition) is 1. The molecule has 0 atom stereocenters. The molecule has 3 aromatic rings. The quantitative estimate of drug-likeness (QED) is 0.260. The number of halogens is 6. The number of rotatable bonds is 9. The molecule has 0 aliphatic rings. The Morgan fingerprint density at radius 1 is 0.949 bits per heavy atom. The summed E-state index contributed by atoms with van der Waals surface area (Å²) in [7, 11) is 0. The number of benzene rings is 2. The van der Waals surface area contributed by atoms with Gasteiger partial charge in [0.2, 0.25) is 0 Å². The highest BCUT2D eigenvalue weighted by atomic mass is 19.4. The van der Waals surface area contributed by atoms with Gasteiger partial charge in [0.25, 0.3) is 5.91 Å². The summed E-state index contributed by atoms with van der Waals surface area (Å²) in [5.41, 5.74) is -3.32. The third-order valence-electron chi connectivity index (χ3n) is 5.61. The van der Waals surface area contributed by atoms with Crippen molar-refractivity contribution in [1.29, 1.82) is 0 Å². The molecule has 1 aromatic heterocycles. The lowest BCUT2D eigenvalue weighted by molar-refractivity contribution is -0.143. The molecule has 2 aromatic carbocycles. The summed E-state index contributed by atoms with van der Waals surface area (Å²) in [5, 5.41) is 9.36. The molecule has 12 heteroatoms. The van der Waals surface area contributed by atoms with E-state index in [1.54, 1.807) is 37.3 Å². The van der Waals surface area contributed by atoms with E-state index in [4.69, 9.17) is 4.74 Å². The largest absolute Gasteiger partial charge is 0.461 e. The minimum Gasteiger partial charge on any atom is -0.461 e. The van der Waals surface area contributed by atoms with Gasteiger partial charge in [-0.05, 0) is 54.3 Å². The number of carbonyl (C=O) groups is 2. The number of esters is 1. The number of carbonyl (C=O) groups excluding carboxylic acids is 2. The van der Waals surface area contributed by atoms with E-state index in [0.717, 1.165) is 4.90 Å². The third-order valence-corrected chi connectivity index (χ3v) is 5.61. The van der Waals surface area contributed by atoms with Crippen LogP contribution in [0.25, 0.3) is 11.1 Å². The summed E-state index contributed by atoms with van der Waals surface area (Å²) < 4.78 is 85.5. The fourth-order valence-electron chi connectivity index (χ4n) is 3.89. The van der Waals surface area contributed by atoms with Crippen molar-refractivity contribution in [1.82, 2.24) is 9.88 Å². The Bertz CT molecular complexity index is 1280. The summed E-state index contributed by atoms with van der Waals surface area (Å²) in [6.45, 7) is 0.182. The lowest BCUT2D eigenvalue weighted by Gasteiger charge is -2.25. The van der Waals surface area contributed by atoms with Crippen molar-refractivity contribution in [3.63, 3.8) is 0 Å². The number of amides is 1. The standard InChI is InChI=1S/C27H24F6N2O4/c1-2-39-25(38)23-22(21(9-10-34-23)18-7-4-3-5-8-18)24(37)35(11-6-12-36)16-17-13-19(26(28,29)30)15-20(14-17)27(31,32)33/h3-5,7-10,13-15,36H,2,6,11-12,16H2,1H3. The Kier molecular flexibility index (Phi) is 9.33. The van der Waals surface area contributed by atoms with Crippen LogP contribution in [0.2, 0.25) is 0 Å². The number of aromatic nitrogens is 1. The summed E-state index contributed by atoms with van der Waals surface area (Å²) in [4.78, 5) is 31.6. The van der Waals surface area contributed by atoms with E-state index in [1.165, 1.54) is 12.3 Å². The molecular weight excluding hydrogens is 530 g/mol. The van der Waals surface area contributed by atoms with E-state index < -0.39 is 54.1 Å². The van der Waals surface area contributed by atoms with Crippen LogP contribution >= 0.6 is 0 Å². The predicted octanol–water partition coefficient (Wildman–Crippen LogP) is 5.99. The van der Waals surface area contributed by atoms with Gasteiger partial charge in [-0.15, -0.1) is 0 Å². The molecule has 39 heavy (non-hydrogen) atoms. The van der Waals surface area contributed by atoms with Gasteiger partial charge in [0.05, 0.1) is 23.3 Å². The topological polar surface area (TPSA) is 79.7 Å². The molecule has 6 nitrogen and oxygen atoms in total. The van der Waals surface area contributed by atoms with Gasteiger partial charge in [-0.25, -0.2) is 9.78 Å². The Morgan fingerprint density at radius 2 is 1.56 bits per heavy atom. The smallest absolute Gasteiger partial charge is 0.416 e. The SMILES string of the molecule is CCOC(=O)c1nccc(-c2ccccc2)c1C(=O)N(CCCO)Cc1cc(C(F)(F)F)cc(C(F)(F)F)c1. The Hall–Kier alpha value is -3.93. The van der Waals surface area contributed by atoms with E-state index in [1.807, 2.05) is 0 Å². The molecule has 0 aliphatic heterocycles. The molecule has 3 rings (SSSR count). The number of hydrogen-bond acceptors (Lipinski definition) is 5. The number of aliphatic hydroxyl groups excluding tert-OH is 1. The van der Waals surface area contributed by atoms with Crippen LogP contribution in [-0.2, 0) is 23.6 Å². The van der Waals surface area contributed by atoms with Gasteiger partial charge in [0.15, 0.2) is 5.69 Å².